The van der Waals surface area contributed by atoms with Crippen LogP contribution in [0.3, 0.4) is 0 Å². The number of carbonyl (C=O) groups excluding carboxylic acids is 1. The number of nitrogens with zero attached hydrogens (tertiary/aromatic N) is 5. The SMILES string of the molecule is CN(CC(=O)OCc1nc(N)c2c3c(sc2n1)CCCCC3)c1ncccn1. The summed E-state index contributed by atoms with van der Waals surface area (Å²) >= 11 is 1.69. The number of rotatable bonds is 5. The van der Waals surface area contributed by atoms with Crippen molar-refractivity contribution in [3.8, 4) is 0 Å². The Morgan fingerprint density at radius 2 is 2.00 bits per heavy atom. The molecule has 1 aliphatic rings. The third-order valence-electron chi connectivity index (χ3n) is 4.76. The number of anilines is 2. The number of nitrogens with two attached hydrogens (primary N) is 1. The predicted octanol–water partition coefficient (Wildman–Crippen LogP) is 2.51. The number of hydrogen-bond acceptors (Lipinski definition) is 9. The van der Waals surface area contributed by atoms with Gasteiger partial charge in [-0.25, -0.2) is 19.9 Å². The first-order valence-corrected chi connectivity index (χ1v) is 10.1. The summed E-state index contributed by atoms with van der Waals surface area (Å²) in [5.41, 5.74) is 7.54. The van der Waals surface area contributed by atoms with Crippen LogP contribution < -0.4 is 10.6 Å². The van der Waals surface area contributed by atoms with Gasteiger partial charge in [0.25, 0.3) is 0 Å². The van der Waals surface area contributed by atoms with Crippen LogP contribution in [0.25, 0.3) is 10.2 Å². The Morgan fingerprint density at radius 3 is 2.82 bits per heavy atom. The van der Waals surface area contributed by atoms with Crippen LogP contribution in [0, 0.1) is 0 Å². The number of aromatic nitrogens is 4. The highest BCUT2D eigenvalue weighted by atomic mass is 32.1. The van der Waals surface area contributed by atoms with Crippen LogP contribution in [-0.4, -0.2) is 39.5 Å². The van der Waals surface area contributed by atoms with Gasteiger partial charge >= 0.3 is 5.97 Å². The van der Waals surface area contributed by atoms with Crippen LogP contribution >= 0.6 is 11.3 Å². The van der Waals surface area contributed by atoms with Crippen molar-refractivity contribution in [1.29, 1.82) is 0 Å². The second-order valence-electron chi connectivity index (χ2n) is 6.84. The van der Waals surface area contributed by atoms with Crippen LogP contribution in [0.2, 0.25) is 0 Å². The van der Waals surface area contributed by atoms with Crippen LogP contribution in [0.1, 0.15) is 35.5 Å². The lowest BCUT2D eigenvalue weighted by Crippen LogP contribution is -2.28. The molecule has 0 unspecified atom stereocenters. The average Bonchev–Trinajstić information content (AvgIpc) is 2.89. The zero-order valence-corrected chi connectivity index (χ0v) is 16.5. The summed E-state index contributed by atoms with van der Waals surface area (Å²) < 4.78 is 5.33. The largest absolute Gasteiger partial charge is 0.456 e. The van der Waals surface area contributed by atoms with E-state index in [4.69, 9.17) is 10.5 Å². The topological polar surface area (TPSA) is 107 Å². The summed E-state index contributed by atoms with van der Waals surface area (Å²) in [4.78, 5) is 33.2. The molecule has 4 rings (SSSR count). The Balaban J connectivity index is 1.44. The van der Waals surface area contributed by atoms with Crippen LogP contribution in [-0.2, 0) is 29.0 Å². The highest BCUT2D eigenvalue weighted by Gasteiger charge is 2.20. The predicted molar refractivity (Wildman–Crippen MR) is 108 cm³/mol. The molecule has 0 bridgehead atoms. The maximum Gasteiger partial charge on any atom is 0.326 e. The maximum atomic E-state index is 12.1. The van der Waals surface area contributed by atoms with E-state index in [0.29, 0.717) is 17.6 Å². The molecule has 146 valence electrons. The number of ether oxygens (including phenoxy) is 1. The molecule has 0 saturated carbocycles. The van der Waals surface area contributed by atoms with Gasteiger partial charge in [0, 0.05) is 24.3 Å². The molecule has 3 aromatic heterocycles. The van der Waals surface area contributed by atoms with Gasteiger partial charge in [-0.3, -0.25) is 4.79 Å². The third kappa shape index (κ3) is 3.89. The van der Waals surface area contributed by atoms with Gasteiger partial charge in [-0.2, -0.15) is 0 Å². The lowest BCUT2D eigenvalue weighted by atomic mass is 10.1. The highest BCUT2D eigenvalue weighted by Crippen LogP contribution is 2.37. The van der Waals surface area contributed by atoms with E-state index in [0.717, 1.165) is 23.1 Å². The molecule has 3 aromatic rings. The van der Waals surface area contributed by atoms with Gasteiger partial charge in [-0.05, 0) is 37.3 Å². The molecule has 28 heavy (non-hydrogen) atoms. The first-order chi connectivity index (χ1) is 13.6. The molecule has 2 N–H and O–H groups in total. The van der Waals surface area contributed by atoms with Gasteiger partial charge in [0.05, 0.1) is 5.39 Å². The number of fused-ring (bicyclic) bond motifs is 3. The van der Waals surface area contributed by atoms with Crippen molar-refractivity contribution < 1.29 is 9.53 Å². The molecule has 0 saturated heterocycles. The lowest BCUT2D eigenvalue weighted by Gasteiger charge is -2.15. The number of carbonyl (C=O) groups is 1. The average molecular weight is 398 g/mol. The van der Waals surface area contributed by atoms with Crippen molar-refractivity contribution in [3.63, 3.8) is 0 Å². The molecule has 0 amide bonds. The van der Waals surface area contributed by atoms with Crippen LogP contribution in [0.4, 0.5) is 11.8 Å². The summed E-state index contributed by atoms with van der Waals surface area (Å²) in [6, 6.07) is 1.72. The lowest BCUT2D eigenvalue weighted by molar-refractivity contribution is -0.143. The number of esters is 1. The molecule has 1 aliphatic carbocycles. The Morgan fingerprint density at radius 1 is 1.21 bits per heavy atom. The van der Waals surface area contributed by atoms with Crippen molar-refractivity contribution in [2.24, 2.45) is 0 Å². The molecule has 9 heteroatoms. The molecule has 0 atom stereocenters. The standard InChI is InChI=1S/C19H22N6O2S/c1-25(19-21-8-5-9-22-19)10-15(26)27-11-14-23-17(20)16-12-6-3-2-4-7-13(12)28-18(16)24-14/h5,8-9H,2-4,6-7,10-11H2,1H3,(H2,20,23,24). The van der Waals surface area contributed by atoms with E-state index in [1.165, 1.54) is 29.7 Å². The fraction of sp³-hybridized carbons (Fsp3) is 0.421. The molecule has 0 fully saturated rings. The summed E-state index contributed by atoms with van der Waals surface area (Å²) in [6.07, 6.45) is 8.99. The number of likely N-dealkylation sites (N-methyl/N-ethyl adjacent to an activating group) is 1. The van der Waals surface area contributed by atoms with Crippen molar-refractivity contribution in [2.45, 2.75) is 38.7 Å². The van der Waals surface area contributed by atoms with Crippen molar-refractivity contribution in [2.75, 3.05) is 24.2 Å². The molecular weight excluding hydrogens is 376 g/mol. The number of nitrogen functional groups attached to an aromatic ring is 1. The molecule has 0 radical (unpaired) electrons. The van der Waals surface area contributed by atoms with Gasteiger partial charge in [0.15, 0.2) is 12.4 Å². The molecule has 0 aliphatic heterocycles. The number of aryl methyl sites for hydroxylation is 2. The minimum atomic E-state index is -0.404. The molecule has 8 nitrogen and oxygen atoms in total. The van der Waals surface area contributed by atoms with E-state index < -0.39 is 5.97 Å². The normalized spacial score (nSPS) is 13.8. The first kappa shape index (κ1) is 18.5. The van der Waals surface area contributed by atoms with E-state index in [2.05, 4.69) is 19.9 Å². The van der Waals surface area contributed by atoms with E-state index >= 15 is 0 Å². The summed E-state index contributed by atoms with van der Waals surface area (Å²) in [5, 5.41) is 0.984. The van der Waals surface area contributed by atoms with E-state index in [1.807, 2.05) is 0 Å². The number of thiophene rings is 1. The van der Waals surface area contributed by atoms with Crippen LogP contribution in [0.15, 0.2) is 18.5 Å². The summed E-state index contributed by atoms with van der Waals surface area (Å²) in [7, 11) is 1.73. The van der Waals surface area contributed by atoms with E-state index in [-0.39, 0.29) is 13.2 Å². The fourth-order valence-electron chi connectivity index (χ4n) is 3.42. The Hall–Kier alpha value is -2.81. The molecule has 0 spiro atoms. The quantitative estimate of drug-likeness (QED) is 0.516. The van der Waals surface area contributed by atoms with Gasteiger partial charge in [0.1, 0.15) is 17.2 Å². The Kier molecular flexibility index (Phi) is 5.34. The molecular formula is C19H22N6O2S. The van der Waals surface area contributed by atoms with Gasteiger partial charge in [-0.1, -0.05) is 6.42 Å². The van der Waals surface area contributed by atoms with Crippen molar-refractivity contribution in [1.82, 2.24) is 19.9 Å². The first-order valence-electron chi connectivity index (χ1n) is 9.32. The third-order valence-corrected chi connectivity index (χ3v) is 5.95. The smallest absolute Gasteiger partial charge is 0.326 e. The zero-order valence-electron chi connectivity index (χ0n) is 15.7. The van der Waals surface area contributed by atoms with Gasteiger partial charge < -0.3 is 15.4 Å². The maximum absolute atomic E-state index is 12.1. The fourth-order valence-corrected chi connectivity index (χ4v) is 4.70. The van der Waals surface area contributed by atoms with Gasteiger partial charge in [0.2, 0.25) is 5.95 Å². The van der Waals surface area contributed by atoms with Crippen molar-refractivity contribution in [3.05, 3.63) is 34.7 Å². The Bertz CT molecular complexity index is 991. The van der Waals surface area contributed by atoms with Crippen LogP contribution in [0.5, 0.6) is 0 Å². The van der Waals surface area contributed by atoms with Gasteiger partial charge in [-0.15, -0.1) is 11.3 Å². The number of hydrogen-bond donors (Lipinski definition) is 1. The Labute approximate surface area is 166 Å². The summed E-state index contributed by atoms with van der Waals surface area (Å²) in [6.45, 7) is 0.0278. The van der Waals surface area contributed by atoms with E-state index in [1.54, 1.807) is 41.7 Å². The van der Waals surface area contributed by atoms with E-state index in [9.17, 15) is 4.79 Å². The molecule has 3 heterocycles. The molecule has 0 aromatic carbocycles. The highest BCUT2D eigenvalue weighted by molar-refractivity contribution is 7.19. The monoisotopic (exact) mass is 398 g/mol. The second-order valence-corrected chi connectivity index (χ2v) is 7.92. The minimum Gasteiger partial charge on any atom is -0.456 e. The summed E-state index contributed by atoms with van der Waals surface area (Å²) in [5.74, 6) is 0.958. The second kappa shape index (κ2) is 8.05. The van der Waals surface area contributed by atoms with Crippen molar-refractivity contribution >= 4 is 39.3 Å². The zero-order chi connectivity index (χ0) is 19.5. The minimum absolute atomic E-state index is 0.00890.